The van der Waals surface area contributed by atoms with E-state index in [2.05, 4.69) is 20.8 Å². The fourth-order valence-corrected chi connectivity index (χ4v) is 3.89. The molecule has 0 spiro atoms. The summed E-state index contributed by atoms with van der Waals surface area (Å²) < 4.78 is 19.7. The molecule has 0 heterocycles. The molecule has 25 heavy (non-hydrogen) atoms. The Bertz CT molecular complexity index is 778. The summed E-state index contributed by atoms with van der Waals surface area (Å²) in [5, 5.41) is 0. The maximum Gasteiger partial charge on any atom is 0.338 e. The Labute approximate surface area is 150 Å². The zero-order valence-corrected chi connectivity index (χ0v) is 15.8. The lowest BCUT2D eigenvalue weighted by molar-refractivity contribution is 0.0600. The Morgan fingerprint density at radius 3 is 1.88 bits per heavy atom. The number of halogens is 1. The van der Waals surface area contributed by atoms with Crippen LogP contribution in [0.3, 0.4) is 0 Å². The molecule has 3 heteroatoms. The Kier molecular flexibility index (Phi) is 6.35. The van der Waals surface area contributed by atoms with Crippen molar-refractivity contribution in [2.24, 2.45) is 0 Å². The number of ether oxygens (including phenoxy) is 1. The molecule has 0 aliphatic carbocycles. The highest BCUT2D eigenvalue weighted by atomic mass is 19.1. The van der Waals surface area contributed by atoms with E-state index in [1.807, 2.05) is 13.0 Å². The first-order valence-electron chi connectivity index (χ1n) is 9.08. The molecule has 0 aromatic heterocycles. The van der Waals surface area contributed by atoms with Crippen molar-refractivity contribution in [3.8, 4) is 11.1 Å². The fourth-order valence-electron chi connectivity index (χ4n) is 3.89. The number of methoxy groups -OCH3 is 1. The second-order valence-electron chi connectivity index (χ2n) is 6.05. The number of rotatable bonds is 6. The molecule has 0 N–H and O–H groups in total. The van der Waals surface area contributed by atoms with E-state index in [4.69, 9.17) is 4.74 Å². The molecule has 0 aliphatic rings. The van der Waals surface area contributed by atoms with Gasteiger partial charge in [-0.3, -0.25) is 0 Å². The fraction of sp³-hybridized carbons (Fsp3) is 0.409. The molecule has 0 amide bonds. The van der Waals surface area contributed by atoms with Crippen molar-refractivity contribution in [1.29, 1.82) is 0 Å². The smallest absolute Gasteiger partial charge is 0.338 e. The second kappa shape index (κ2) is 8.28. The minimum Gasteiger partial charge on any atom is -0.465 e. The van der Waals surface area contributed by atoms with Crippen LogP contribution in [-0.4, -0.2) is 13.1 Å². The summed E-state index contributed by atoms with van der Waals surface area (Å²) in [6, 6.07) is 6.68. The van der Waals surface area contributed by atoms with Crippen molar-refractivity contribution >= 4 is 5.97 Å². The zero-order valence-electron chi connectivity index (χ0n) is 15.8. The molecule has 0 saturated heterocycles. The van der Waals surface area contributed by atoms with Crippen molar-refractivity contribution in [2.45, 2.75) is 53.4 Å². The van der Waals surface area contributed by atoms with Crippen LogP contribution in [0.4, 0.5) is 4.39 Å². The van der Waals surface area contributed by atoms with Crippen LogP contribution in [0, 0.1) is 5.82 Å². The van der Waals surface area contributed by atoms with Crippen molar-refractivity contribution in [3.05, 3.63) is 57.9 Å². The van der Waals surface area contributed by atoms with E-state index in [1.165, 1.54) is 24.3 Å². The average molecular weight is 342 g/mol. The van der Waals surface area contributed by atoms with Crippen LogP contribution in [0.1, 0.15) is 60.3 Å². The van der Waals surface area contributed by atoms with Gasteiger partial charge in [0.15, 0.2) is 0 Å². The van der Waals surface area contributed by atoms with Gasteiger partial charge in [0.2, 0.25) is 0 Å². The first-order valence-corrected chi connectivity index (χ1v) is 9.08. The molecule has 0 atom stereocenters. The molecular weight excluding hydrogens is 315 g/mol. The molecule has 2 nitrogen and oxygen atoms in total. The van der Waals surface area contributed by atoms with E-state index in [1.54, 1.807) is 12.1 Å². The van der Waals surface area contributed by atoms with Gasteiger partial charge in [-0.25, -0.2) is 9.18 Å². The second-order valence-corrected chi connectivity index (χ2v) is 6.05. The van der Waals surface area contributed by atoms with E-state index in [0.29, 0.717) is 23.1 Å². The van der Waals surface area contributed by atoms with Crippen molar-refractivity contribution in [3.63, 3.8) is 0 Å². The molecule has 2 rings (SSSR count). The first-order chi connectivity index (χ1) is 12.0. The van der Waals surface area contributed by atoms with Gasteiger partial charge in [-0.15, -0.1) is 0 Å². The van der Waals surface area contributed by atoms with E-state index in [9.17, 15) is 9.18 Å². The van der Waals surface area contributed by atoms with Crippen molar-refractivity contribution < 1.29 is 13.9 Å². The number of esters is 1. The molecule has 0 radical (unpaired) electrons. The summed E-state index contributed by atoms with van der Waals surface area (Å²) in [4.78, 5) is 12.7. The first kappa shape index (κ1) is 19.2. The maximum atomic E-state index is 14.6. The van der Waals surface area contributed by atoms with Gasteiger partial charge in [0.1, 0.15) is 5.82 Å². The topological polar surface area (TPSA) is 26.3 Å². The third kappa shape index (κ3) is 3.33. The number of carbonyl (C=O) groups is 1. The predicted octanol–water partition coefficient (Wildman–Crippen LogP) is 5.53. The van der Waals surface area contributed by atoms with Gasteiger partial charge in [-0.2, -0.15) is 0 Å². The van der Waals surface area contributed by atoms with Crippen LogP contribution in [0.15, 0.2) is 24.3 Å². The van der Waals surface area contributed by atoms with Crippen LogP contribution in [0.5, 0.6) is 0 Å². The van der Waals surface area contributed by atoms with E-state index in [-0.39, 0.29) is 11.8 Å². The summed E-state index contributed by atoms with van der Waals surface area (Å²) in [6.07, 6.45) is 3.17. The predicted molar refractivity (Wildman–Crippen MR) is 101 cm³/mol. The summed E-state index contributed by atoms with van der Waals surface area (Å²) in [5.41, 5.74) is 6.21. The summed E-state index contributed by atoms with van der Waals surface area (Å²) in [5.74, 6) is -0.696. The molecule has 0 aliphatic heterocycles. The molecule has 0 fully saturated rings. The summed E-state index contributed by atoms with van der Waals surface area (Å²) in [6.45, 7) is 8.33. The van der Waals surface area contributed by atoms with Crippen LogP contribution >= 0.6 is 0 Å². The van der Waals surface area contributed by atoms with Crippen LogP contribution in [0.2, 0.25) is 0 Å². The monoisotopic (exact) mass is 342 g/mol. The Morgan fingerprint density at radius 2 is 1.40 bits per heavy atom. The Balaban J connectivity index is 3.06. The largest absolute Gasteiger partial charge is 0.465 e. The van der Waals surface area contributed by atoms with Crippen LogP contribution in [0.25, 0.3) is 11.1 Å². The molecule has 2 aromatic rings. The van der Waals surface area contributed by atoms with Crippen molar-refractivity contribution in [2.75, 3.05) is 7.11 Å². The SMILES string of the molecule is CCc1c(CC)c(CC)c(-c2ccccc2F)c(C(=O)OC)c1CC. The van der Waals surface area contributed by atoms with Crippen LogP contribution in [-0.2, 0) is 30.4 Å². The highest BCUT2D eigenvalue weighted by Crippen LogP contribution is 2.38. The van der Waals surface area contributed by atoms with Crippen molar-refractivity contribution in [1.82, 2.24) is 0 Å². The highest BCUT2D eigenvalue weighted by Gasteiger charge is 2.27. The van der Waals surface area contributed by atoms with Gasteiger partial charge in [0.05, 0.1) is 12.7 Å². The summed E-state index contributed by atoms with van der Waals surface area (Å²) in [7, 11) is 1.39. The summed E-state index contributed by atoms with van der Waals surface area (Å²) >= 11 is 0. The lowest BCUT2D eigenvalue weighted by Crippen LogP contribution is -2.16. The van der Waals surface area contributed by atoms with Gasteiger partial charge in [0.25, 0.3) is 0 Å². The maximum absolute atomic E-state index is 14.6. The third-order valence-electron chi connectivity index (χ3n) is 4.89. The minimum atomic E-state index is -0.387. The Hall–Kier alpha value is -2.16. The normalized spacial score (nSPS) is 10.8. The minimum absolute atomic E-state index is 0.310. The lowest BCUT2D eigenvalue weighted by atomic mass is 9.80. The van der Waals surface area contributed by atoms with E-state index in [0.717, 1.165) is 30.4 Å². The van der Waals surface area contributed by atoms with E-state index < -0.39 is 0 Å². The third-order valence-corrected chi connectivity index (χ3v) is 4.89. The molecule has 0 saturated carbocycles. The standard InChI is InChI=1S/C22H27FO2/c1-6-14-15(7-2)17(9-4)21(22(24)25-5)20(16(14)8-3)18-12-10-11-13-19(18)23/h10-13H,6-9H2,1-5H3. The number of carbonyl (C=O) groups excluding carboxylic acids is 1. The van der Waals surface area contributed by atoms with Gasteiger partial charge in [-0.1, -0.05) is 45.9 Å². The average Bonchev–Trinajstić information content (AvgIpc) is 2.65. The van der Waals surface area contributed by atoms with Gasteiger partial charge in [0, 0.05) is 11.1 Å². The molecule has 134 valence electrons. The van der Waals surface area contributed by atoms with Crippen LogP contribution < -0.4 is 0 Å². The number of hydrogen-bond donors (Lipinski definition) is 0. The van der Waals surface area contributed by atoms with Gasteiger partial charge < -0.3 is 4.74 Å². The molecule has 0 bridgehead atoms. The Morgan fingerprint density at radius 1 is 0.880 bits per heavy atom. The number of hydrogen-bond acceptors (Lipinski definition) is 2. The number of benzene rings is 2. The molecule has 0 unspecified atom stereocenters. The molecular formula is C22H27FO2. The lowest BCUT2D eigenvalue weighted by Gasteiger charge is -2.24. The highest BCUT2D eigenvalue weighted by molar-refractivity contribution is 6.01. The quantitative estimate of drug-likeness (QED) is 0.645. The zero-order chi connectivity index (χ0) is 18.6. The molecule has 2 aromatic carbocycles. The van der Waals surface area contributed by atoms with Gasteiger partial charge in [-0.05, 0) is 54.0 Å². The van der Waals surface area contributed by atoms with E-state index >= 15 is 0 Å². The van der Waals surface area contributed by atoms with Gasteiger partial charge >= 0.3 is 5.97 Å².